The molecule has 1 aromatic rings. The van der Waals surface area contributed by atoms with E-state index in [1.54, 1.807) is 16.4 Å². The Labute approximate surface area is 99.6 Å². The number of thioether (sulfide) groups is 1. The molecule has 0 radical (unpaired) electrons. The van der Waals surface area contributed by atoms with E-state index in [1.165, 1.54) is 0 Å². The molecule has 7 heteroatoms. The first-order chi connectivity index (χ1) is 7.88. The first-order valence-corrected chi connectivity index (χ1v) is 6.57. The minimum Gasteiger partial charge on any atom is -0.396 e. The zero-order valence-corrected chi connectivity index (χ0v) is 10.2. The van der Waals surface area contributed by atoms with Gasteiger partial charge in [0.1, 0.15) is 0 Å². The third-order valence-electron chi connectivity index (χ3n) is 2.12. The van der Waals surface area contributed by atoms with Gasteiger partial charge in [0.25, 0.3) is 0 Å². The Bertz CT molecular complexity index is 281. The van der Waals surface area contributed by atoms with Crippen molar-refractivity contribution in [2.75, 3.05) is 18.9 Å². The third kappa shape index (κ3) is 4.91. The Morgan fingerprint density at radius 2 is 2.06 bits per heavy atom. The molecule has 6 nitrogen and oxygen atoms in total. The van der Waals surface area contributed by atoms with E-state index in [0.717, 1.165) is 36.6 Å². The lowest BCUT2D eigenvalue weighted by Crippen LogP contribution is -2.12. The van der Waals surface area contributed by atoms with Gasteiger partial charge in [-0.3, -0.25) is 0 Å². The second-order valence-corrected chi connectivity index (χ2v) is 4.52. The van der Waals surface area contributed by atoms with Crippen molar-refractivity contribution in [1.82, 2.24) is 20.2 Å². The molecule has 0 amide bonds. The zero-order valence-electron chi connectivity index (χ0n) is 9.38. The van der Waals surface area contributed by atoms with Crippen LogP contribution in [0.25, 0.3) is 0 Å². The van der Waals surface area contributed by atoms with Gasteiger partial charge in [-0.2, -0.15) is 0 Å². The monoisotopic (exact) mass is 245 g/mol. The molecule has 0 saturated heterocycles. The van der Waals surface area contributed by atoms with Crippen LogP contribution >= 0.6 is 11.8 Å². The van der Waals surface area contributed by atoms with Crippen LogP contribution in [-0.2, 0) is 6.54 Å². The number of rotatable bonds is 9. The predicted octanol–water partition coefficient (Wildman–Crippen LogP) is 0.277. The quantitative estimate of drug-likeness (QED) is 0.479. The van der Waals surface area contributed by atoms with Crippen LogP contribution in [0, 0.1) is 0 Å². The van der Waals surface area contributed by atoms with Crippen LogP contribution < -0.4 is 5.73 Å². The zero-order chi connectivity index (χ0) is 11.6. The summed E-state index contributed by atoms with van der Waals surface area (Å²) in [4.78, 5) is 0. The Balaban J connectivity index is 2.13. The topological polar surface area (TPSA) is 89.9 Å². The van der Waals surface area contributed by atoms with Crippen LogP contribution in [-0.4, -0.2) is 44.2 Å². The molecule has 0 aromatic carbocycles. The van der Waals surface area contributed by atoms with Crippen molar-refractivity contribution in [3.05, 3.63) is 0 Å². The van der Waals surface area contributed by atoms with Crippen LogP contribution in [0.2, 0.25) is 0 Å². The van der Waals surface area contributed by atoms with Gasteiger partial charge in [0.15, 0.2) is 0 Å². The highest BCUT2D eigenvalue weighted by Crippen LogP contribution is 2.15. The summed E-state index contributed by atoms with van der Waals surface area (Å²) in [7, 11) is 0. The van der Waals surface area contributed by atoms with E-state index < -0.39 is 0 Å². The van der Waals surface area contributed by atoms with Gasteiger partial charge in [-0.05, 0) is 23.3 Å². The predicted molar refractivity (Wildman–Crippen MR) is 63.1 cm³/mol. The van der Waals surface area contributed by atoms with Gasteiger partial charge in [0, 0.05) is 18.9 Å². The highest BCUT2D eigenvalue weighted by molar-refractivity contribution is 7.99. The summed E-state index contributed by atoms with van der Waals surface area (Å²) in [5.74, 6) is 1.01. The van der Waals surface area contributed by atoms with Crippen molar-refractivity contribution in [3.63, 3.8) is 0 Å². The number of aromatic nitrogens is 4. The molecule has 1 aromatic heterocycles. The molecule has 0 atom stereocenters. The molecule has 3 N–H and O–H groups in total. The molecule has 0 aliphatic carbocycles. The van der Waals surface area contributed by atoms with E-state index in [1.807, 2.05) is 0 Å². The van der Waals surface area contributed by atoms with Crippen molar-refractivity contribution in [3.8, 4) is 0 Å². The van der Waals surface area contributed by atoms with E-state index in [4.69, 9.17) is 10.8 Å². The molecular formula is C9H19N5OS. The number of hydrogen-bond donors (Lipinski definition) is 2. The summed E-state index contributed by atoms with van der Waals surface area (Å²) >= 11 is 1.66. The number of aliphatic hydroxyl groups excluding tert-OH is 1. The van der Waals surface area contributed by atoms with E-state index in [9.17, 15) is 0 Å². The molecule has 92 valence electrons. The van der Waals surface area contributed by atoms with Crippen LogP contribution in [0.4, 0.5) is 0 Å². The smallest absolute Gasteiger partial charge is 0.209 e. The van der Waals surface area contributed by atoms with Gasteiger partial charge < -0.3 is 10.8 Å². The standard InChI is InChI=1S/C9H19N5OS/c10-5-6-14-9(11-12-13-14)16-8-4-2-1-3-7-15/h15H,1-8,10H2. The summed E-state index contributed by atoms with van der Waals surface area (Å²) in [5, 5.41) is 20.9. The molecule has 0 saturated carbocycles. The summed E-state index contributed by atoms with van der Waals surface area (Å²) in [6.07, 6.45) is 4.26. The fourth-order valence-corrected chi connectivity index (χ4v) is 2.20. The Kier molecular flexibility index (Phi) is 7.11. The van der Waals surface area contributed by atoms with Crippen molar-refractivity contribution >= 4 is 11.8 Å². The molecule has 1 heterocycles. The SMILES string of the molecule is NCCn1nnnc1SCCCCCCO. The molecule has 0 fully saturated rings. The Hall–Kier alpha value is -0.660. The molecule has 16 heavy (non-hydrogen) atoms. The Morgan fingerprint density at radius 3 is 2.81 bits per heavy atom. The van der Waals surface area contributed by atoms with E-state index in [-0.39, 0.29) is 0 Å². The fourth-order valence-electron chi connectivity index (χ4n) is 1.29. The number of nitrogens with zero attached hydrogens (tertiary/aromatic N) is 4. The number of tetrazole rings is 1. The number of aliphatic hydroxyl groups is 1. The molecular weight excluding hydrogens is 226 g/mol. The van der Waals surface area contributed by atoms with Crippen molar-refractivity contribution in [2.24, 2.45) is 5.73 Å². The average molecular weight is 245 g/mol. The number of hydrogen-bond acceptors (Lipinski definition) is 6. The fraction of sp³-hybridized carbons (Fsp3) is 0.889. The van der Waals surface area contributed by atoms with E-state index in [2.05, 4.69) is 15.5 Å². The lowest BCUT2D eigenvalue weighted by molar-refractivity contribution is 0.283. The minimum absolute atomic E-state index is 0.294. The second-order valence-electron chi connectivity index (χ2n) is 3.46. The van der Waals surface area contributed by atoms with Crippen molar-refractivity contribution in [1.29, 1.82) is 0 Å². The van der Waals surface area contributed by atoms with Gasteiger partial charge in [-0.15, -0.1) is 5.10 Å². The largest absolute Gasteiger partial charge is 0.396 e. The maximum Gasteiger partial charge on any atom is 0.209 e. The minimum atomic E-state index is 0.294. The summed E-state index contributed by atoms with van der Waals surface area (Å²) in [5.41, 5.74) is 5.45. The third-order valence-corrected chi connectivity index (χ3v) is 3.17. The molecule has 1 rings (SSSR count). The molecule has 0 unspecified atom stereocenters. The van der Waals surface area contributed by atoms with Crippen LogP contribution in [0.15, 0.2) is 5.16 Å². The lowest BCUT2D eigenvalue weighted by Gasteiger charge is -2.02. The molecule has 0 aliphatic rings. The molecule has 0 bridgehead atoms. The van der Waals surface area contributed by atoms with Crippen molar-refractivity contribution in [2.45, 2.75) is 37.4 Å². The van der Waals surface area contributed by atoms with Crippen LogP contribution in [0.1, 0.15) is 25.7 Å². The maximum atomic E-state index is 8.62. The summed E-state index contributed by atoms with van der Waals surface area (Å²) in [6, 6.07) is 0. The lowest BCUT2D eigenvalue weighted by atomic mass is 10.2. The highest BCUT2D eigenvalue weighted by atomic mass is 32.2. The molecule has 0 aliphatic heterocycles. The van der Waals surface area contributed by atoms with Gasteiger partial charge in [-0.1, -0.05) is 24.6 Å². The number of unbranched alkanes of at least 4 members (excludes halogenated alkanes) is 3. The maximum absolute atomic E-state index is 8.62. The average Bonchev–Trinajstić information content (AvgIpc) is 2.72. The highest BCUT2D eigenvalue weighted by Gasteiger charge is 2.04. The first kappa shape index (κ1) is 13.4. The van der Waals surface area contributed by atoms with E-state index >= 15 is 0 Å². The van der Waals surface area contributed by atoms with Gasteiger partial charge in [-0.25, -0.2) is 4.68 Å². The first-order valence-electron chi connectivity index (χ1n) is 5.58. The van der Waals surface area contributed by atoms with Gasteiger partial charge >= 0.3 is 0 Å². The van der Waals surface area contributed by atoms with Gasteiger partial charge in [0.05, 0.1) is 6.54 Å². The van der Waals surface area contributed by atoms with E-state index in [0.29, 0.717) is 19.7 Å². The summed E-state index contributed by atoms with van der Waals surface area (Å²) in [6.45, 7) is 1.51. The molecule has 0 spiro atoms. The van der Waals surface area contributed by atoms with Crippen molar-refractivity contribution < 1.29 is 5.11 Å². The van der Waals surface area contributed by atoms with Gasteiger partial charge in [0.2, 0.25) is 5.16 Å². The Morgan fingerprint density at radius 1 is 1.25 bits per heavy atom. The number of nitrogens with two attached hydrogens (primary N) is 1. The second kappa shape index (κ2) is 8.49. The summed E-state index contributed by atoms with van der Waals surface area (Å²) < 4.78 is 1.73. The normalized spacial score (nSPS) is 10.9. The van der Waals surface area contributed by atoms with Crippen LogP contribution in [0.3, 0.4) is 0 Å². The van der Waals surface area contributed by atoms with Crippen LogP contribution in [0.5, 0.6) is 0 Å².